The Bertz CT molecular complexity index is 2910. The minimum Gasteiger partial charge on any atom is -0.495 e. The number of phosphoric acid groups is 1. The molecule has 0 saturated carbocycles. The fourth-order valence-corrected chi connectivity index (χ4v) is 14.2. The summed E-state index contributed by atoms with van der Waals surface area (Å²) in [5.74, 6) is -2.39. The third kappa shape index (κ3) is 22.6. The van der Waals surface area contributed by atoms with Gasteiger partial charge in [0.25, 0.3) is 0 Å². The smallest absolute Gasteiger partial charge is 0.472 e. The van der Waals surface area contributed by atoms with E-state index in [4.69, 9.17) is 44.3 Å². The molecular weight excluding hydrogens is 1240 g/mol. The number of hydrogen-bond acceptors (Lipinski definition) is 16. The minimum absolute atomic E-state index is 0.00299. The molecule has 2 aromatic carbocycles. The van der Waals surface area contributed by atoms with Gasteiger partial charge in [0.15, 0.2) is 5.72 Å². The first-order valence-corrected chi connectivity index (χ1v) is 35.9. The molecule has 5 amide bonds. The second kappa shape index (κ2) is 35.8. The van der Waals surface area contributed by atoms with Crippen LogP contribution in [0.2, 0.25) is 5.02 Å². The lowest BCUT2D eigenvalue weighted by atomic mass is 9.83. The van der Waals surface area contributed by atoms with Gasteiger partial charge in [0.05, 0.1) is 64.0 Å². The van der Waals surface area contributed by atoms with Gasteiger partial charge in [0, 0.05) is 52.1 Å². The van der Waals surface area contributed by atoms with E-state index in [0.29, 0.717) is 34.6 Å². The maximum Gasteiger partial charge on any atom is 0.472 e. The van der Waals surface area contributed by atoms with Gasteiger partial charge >= 0.3 is 19.9 Å². The maximum absolute atomic E-state index is 14.4. The van der Waals surface area contributed by atoms with E-state index in [1.165, 1.54) is 125 Å². The molecule has 3 N–H and O–H groups in total. The number of carbonyl (C=O) groups excluding carboxylic acids is 6. The predicted molar refractivity (Wildman–Crippen MR) is 358 cm³/mol. The zero-order valence-corrected chi connectivity index (χ0v) is 58.7. The summed E-state index contributed by atoms with van der Waals surface area (Å²) in [5, 5.41) is 13.9. The number of hydrogen-bond donors (Lipinski definition) is 3. The molecule has 24 heteroatoms. The minimum atomic E-state index is -3.97. The molecule has 0 aliphatic carbocycles. The average Bonchev–Trinajstić information content (AvgIpc) is 1.59. The van der Waals surface area contributed by atoms with Crippen LogP contribution >= 0.6 is 31.2 Å². The number of epoxide rings is 1. The van der Waals surface area contributed by atoms with Crippen LogP contribution in [0.4, 0.5) is 16.2 Å². The number of nitrogens with zero attached hydrogens (tertiary/aromatic N) is 4. The highest BCUT2D eigenvalue weighted by Gasteiger charge is 2.64. The van der Waals surface area contributed by atoms with E-state index < -0.39 is 84.7 Å². The number of allylic oxidation sites excluding steroid dienone is 3. The fraction of sp³-hybridized carbons (Fsp3) is 0.676. The van der Waals surface area contributed by atoms with Crippen molar-refractivity contribution < 1.29 is 80.5 Å². The number of amides is 5. The number of anilines is 2. The van der Waals surface area contributed by atoms with Gasteiger partial charge in [-0.15, -0.1) is 11.8 Å². The summed E-state index contributed by atoms with van der Waals surface area (Å²) in [6.45, 7) is 7.96. The number of methoxy groups -OCH3 is 2. The predicted octanol–water partition coefficient (Wildman–Crippen LogP) is 11.6. The molecule has 2 aromatic rings. The highest BCUT2D eigenvalue weighted by atomic mass is 35.5. The molecule has 4 aliphatic rings. The van der Waals surface area contributed by atoms with E-state index in [9.17, 15) is 43.3 Å². The summed E-state index contributed by atoms with van der Waals surface area (Å²) < 4.78 is 52.4. The molecule has 4 heterocycles. The number of ether oxygens (including phenoxy) is 5. The quantitative estimate of drug-likeness (QED) is 0.0147. The van der Waals surface area contributed by atoms with Crippen LogP contribution in [0.25, 0.3) is 0 Å². The molecule has 6 rings (SSSR count). The number of halogens is 1. The Labute approximate surface area is 555 Å². The first kappa shape index (κ1) is 76.2. The number of esters is 1. The number of unbranched alkanes of at least 4 members (excludes halogenated alkanes) is 15. The second-order valence-electron chi connectivity index (χ2n) is 26.5. The van der Waals surface area contributed by atoms with Gasteiger partial charge in [-0.25, -0.2) is 19.1 Å². The number of benzene rings is 2. The van der Waals surface area contributed by atoms with Crippen LogP contribution in [0.15, 0.2) is 60.2 Å². The summed E-state index contributed by atoms with van der Waals surface area (Å²) in [6.07, 6.45) is 20.1. The molecule has 0 radical (unpaired) electrons. The number of thioether (sulfide) groups is 1. The van der Waals surface area contributed by atoms with Gasteiger partial charge in [0.1, 0.15) is 53.9 Å². The zero-order valence-electron chi connectivity index (χ0n) is 56.3. The molecule has 3 fully saturated rings. The Kier molecular flexibility index (Phi) is 29.6. The van der Waals surface area contributed by atoms with E-state index in [1.54, 1.807) is 45.2 Å². The maximum atomic E-state index is 14.4. The van der Waals surface area contributed by atoms with Crippen molar-refractivity contribution in [2.24, 2.45) is 5.92 Å². The Morgan fingerprint density at radius 3 is 2.09 bits per heavy atom. The number of alkyl carbamates (subject to hydrolysis) is 1. The summed E-state index contributed by atoms with van der Waals surface area (Å²) in [4.78, 5) is 96.1. The number of aryl methyl sites for hydroxylation is 1. The third-order valence-electron chi connectivity index (χ3n) is 18.1. The molecule has 4 aliphatic heterocycles. The van der Waals surface area contributed by atoms with Crippen molar-refractivity contribution in [3.63, 3.8) is 0 Å². The molecule has 92 heavy (non-hydrogen) atoms. The third-order valence-corrected chi connectivity index (χ3v) is 20.7. The molecule has 3 saturated heterocycles. The Balaban J connectivity index is 0.903. The summed E-state index contributed by atoms with van der Waals surface area (Å²) in [5.41, 5.74) is 0.516. The van der Waals surface area contributed by atoms with Gasteiger partial charge < -0.3 is 48.0 Å². The molecule has 3 unspecified atom stereocenters. The number of fused-ring (bicyclic) bond motifs is 5. The van der Waals surface area contributed by atoms with Crippen LogP contribution in [-0.2, 0) is 69.4 Å². The van der Waals surface area contributed by atoms with Crippen molar-refractivity contribution in [2.45, 2.75) is 216 Å². The molecule has 21 nitrogen and oxygen atoms in total. The molecule has 0 spiro atoms. The lowest BCUT2D eigenvalue weighted by Crippen LogP contribution is -2.63. The van der Waals surface area contributed by atoms with Crippen LogP contribution in [0.3, 0.4) is 0 Å². The Morgan fingerprint density at radius 1 is 0.891 bits per heavy atom. The van der Waals surface area contributed by atoms with E-state index in [1.807, 2.05) is 58.4 Å². The number of carbonyl (C=O) groups is 6. The van der Waals surface area contributed by atoms with Crippen LogP contribution in [0.1, 0.15) is 167 Å². The van der Waals surface area contributed by atoms with Gasteiger partial charge in [-0.1, -0.05) is 144 Å². The van der Waals surface area contributed by atoms with E-state index in [0.717, 1.165) is 55.2 Å². The zero-order chi connectivity index (χ0) is 67.4. The largest absolute Gasteiger partial charge is 0.495 e. The Morgan fingerprint density at radius 2 is 1.49 bits per heavy atom. The number of rotatable bonds is 34. The van der Waals surface area contributed by atoms with Crippen molar-refractivity contribution in [1.29, 1.82) is 0 Å². The summed E-state index contributed by atoms with van der Waals surface area (Å²) in [7, 11) is 7.96. The van der Waals surface area contributed by atoms with Crippen molar-refractivity contribution in [2.75, 3.05) is 84.8 Å². The number of quaternary nitrogens is 1. The molecule has 10 atom stereocenters. The molecule has 4 bridgehead atoms. The fourth-order valence-electron chi connectivity index (χ4n) is 12.1. The number of imide groups is 1. The SMILES string of the molecule is COc1cc2cc(c1Cl)N(C)C(=O)C[C@H](OC(=O)[C@H](C)N(C)C(=O)CCSC1CC(=O)N(c3ccc(CCCCCCCCCCCCCCCCCCOP(=O)(O)OCC[N+](C)(C)C)cc3)C1=O)[C@@]1(C)OC1[C@H](C)[C@@H]1C[C@@](O)(NC(=O)O1)[C@H](OC)/C=C/C=C(\C)C2. The van der Waals surface area contributed by atoms with E-state index in [-0.39, 0.29) is 61.5 Å². The second-order valence-corrected chi connectivity index (χ2v) is 29.6. The van der Waals surface area contributed by atoms with Crippen molar-refractivity contribution in [3.05, 3.63) is 76.3 Å². The van der Waals surface area contributed by atoms with Crippen LogP contribution in [-0.4, -0.2) is 177 Å². The standard InChI is InChI=1S/C68H103ClN5O16PS/c1-47-29-28-31-57(85-11)68(81)46-55(88-66(80)70-68)48(2)63-67(4,90-63)58(45-60(76)72(6)53-42-51(41-47)43-54(84-10)62(53)69)89-65(79)49(3)71(5)59(75)36-40-92-56-44-61(77)73(64(56)78)52-34-32-50(33-35-52)30-26-24-22-20-18-16-14-12-13-15-17-19-21-23-25-27-38-86-91(82,83)87-39-37-74(7,8)9/h28-29,31-35,42-43,48-49,55-58,63,81H,12-27,30,36-41,44-46H2,1-11H3,(H-,70,80,82,83)/p+1/b31-28+,47-29+/t48-,49+,55+,56?,57-,58+,63?,67-,68+/m1/s1. The lowest BCUT2D eigenvalue weighted by molar-refractivity contribution is -0.870. The van der Waals surface area contributed by atoms with Crippen molar-refractivity contribution >= 4 is 78.3 Å². The van der Waals surface area contributed by atoms with Crippen LogP contribution < -0.4 is 19.9 Å². The number of phosphoric ester groups is 1. The topological polar surface area (TPSA) is 250 Å². The molecule has 0 aromatic heterocycles. The van der Waals surface area contributed by atoms with E-state index in [2.05, 4.69) is 5.32 Å². The van der Waals surface area contributed by atoms with Crippen molar-refractivity contribution in [1.82, 2.24) is 10.2 Å². The van der Waals surface area contributed by atoms with Gasteiger partial charge in [0.2, 0.25) is 23.6 Å². The number of aliphatic hydroxyl groups is 1. The van der Waals surface area contributed by atoms with Gasteiger partial charge in [-0.2, -0.15) is 0 Å². The van der Waals surface area contributed by atoms with Crippen LogP contribution in [0.5, 0.6) is 5.75 Å². The Hall–Kier alpha value is -4.87. The van der Waals surface area contributed by atoms with Crippen LogP contribution in [0, 0.1) is 5.92 Å². The highest BCUT2D eigenvalue weighted by Crippen LogP contribution is 2.50. The highest BCUT2D eigenvalue weighted by molar-refractivity contribution is 8.00. The molecular formula is C68H104ClN5O16PS+. The van der Waals surface area contributed by atoms with Crippen molar-refractivity contribution in [3.8, 4) is 5.75 Å². The summed E-state index contributed by atoms with van der Waals surface area (Å²) >= 11 is 8.07. The first-order chi connectivity index (χ1) is 43.6. The van der Waals surface area contributed by atoms with Gasteiger partial charge in [-0.3, -0.25) is 33.5 Å². The molecule has 514 valence electrons. The number of nitrogens with one attached hydrogen (secondary N) is 1. The number of likely N-dealkylation sites (N-methyl/N-ethyl adjacent to an activating group) is 2. The van der Waals surface area contributed by atoms with E-state index >= 15 is 0 Å². The van der Waals surface area contributed by atoms with Gasteiger partial charge in [-0.05, 0) is 81.8 Å². The first-order valence-electron chi connectivity index (χ1n) is 32.9. The lowest BCUT2D eigenvalue weighted by Gasteiger charge is -2.42. The average molecular weight is 1350 g/mol. The summed E-state index contributed by atoms with van der Waals surface area (Å²) in [6, 6.07) is 10.0. The normalized spacial score (nSPS) is 25.7. The monoisotopic (exact) mass is 1340 g/mol.